The van der Waals surface area contributed by atoms with Gasteiger partial charge >= 0.3 is 5.56 Å². The van der Waals surface area contributed by atoms with Gasteiger partial charge in [0.25, 0.3) is 23.4 Å². The van der Waals surface area contributed by atoms with Crippen LogP contribution >= 0.6 is 0 Å². The van der Waals surface area contributed by atoms with E-state index in [4.69, 9.17) is 0 Å². The Morgan fingerprint density at radius 1 is 1.33 bits per heavy atom. The molecule has 8 nitrogen and oxygen atoms in total. The van der Waals surface area contributed by atoms with Crippen LogP contribution in [0, 0.1) is 5.82 Å². The molecule has 24 heavy (non-hydrogen) atoms. The lowest BCUT2D eigenvalue weighted by molar-refractivity contribution is -0.405. The summed E-state index contributed by atoms with van der Waals surface area (Å²) < 4.78 is 13.9. The van der Waals surface area contributed by atoms with Gasteiger partial charge in [-0.25, -0.2) is 14.2 Å². The van der Waals surface area contributed by atoms with Gasteiger partial charge in [-0.1, -0.05) is 12.1 Å². The number of H-pyrrole nitrogens is 1. The van der Waals surface area contributed by atoms with Crippen LogP contribution in [-0.4, -0.2) is 21.5 Å². The summed E-state index contributed by atoms with van der Waals surface area (Å²) in [4.78, 5) is 38.3. The third kappa shape index (κ3) is 2.96. The second-order valence-corrected chi connectivity index (χ2v) is 5.27. The molecule has 0 saturated carbocycles. The highest BCUT2D eigenvalue weighted by Gasteiger charge is 2.30. The number of aromatic hydroxyl groups is 1. The first-order chi connectivity index (χ1) is 11.5. The molecule has 1 aliphatic rings. The van der Waals surface area contributed by atoms with Crippen LogP contribution in [0.4, 0.5) is 4.39 Å². The molecule has 0 unspecified atom stereocenters. The van der Waals surface area contributed by atoms with Crippen LogP contribution in [0.2, 0.25) is 0 Å². The largest absolute Gasteiger partial charge is 0.498 e. The van der Waals surface area contributed by atoms with E-state index in [2.05, 4.69) is 15.6 Å². The Kier molecular flexibility index (Phi) is 3.98. The van der Waals surface area contributed by atoms with Gasteiger partial charge in [0.2, 0.25) is 5.69 Å². The van der Waals surface area contributed by atoms with Crippen molar-refractivity contribution in [3.63, 3.8) is 0 Å². The molecule has 9 heteroatoms. The zero-order valence-electron chi connectivity index (χ0n) is 12.4. The third-order valence-electron chi connectivity index (χ3n) is 3.63. The molecule has 1 aliphatic heterocycles. The number of benzene rings is 1. The molecule has 0 spiro atoms. The van der Waals surface area contributed by atoms with Crippen molar-refractivity contribution in [1.29, 1.82) is 0 Å². The highest BCUT2D eigenvalue weighted by molar-refractivity contribution is 5.93. The highest BCUT2D eigenvalue weighted by Crippen LogP contribution is 2.09. The van der Waals surface area contributed by atoms with Gasteiger partial charge in [-0.15, -0.1) is 0 Å². The number of carbonyl (C=O) groups is 2. The molecule has 1 aromatic carbocycles. The summed E-state index contributed by atoms with van der Waals surface area (Å²) in [7, 11) is 0. The van der Waals surface area contributed by atoms with Crippen molar-refractivity contribution < 1.29 is 24.1 Å². The van der Waals surface area contributed by atoms with E-state index in [0.29, 0.717) is 11.4 Å². The molecule has 2 aromatic rings. The standard InChI is InChI=1S/C15H13FN4O4/c16-9-3-1-8(2-4-9)5-18-14(23)12-13(22)15(24)20-7-11(21)17-6-10(20)19-12/h1-4,22H,5-7H2,(H,17,21)(H,18,23)/p+1. The second kappa shape index (κ2) is 6.11. The van der Waals surface area contributed by atoms with Crippen LogP contribution in [0.5, 0.6) is 5.75 Å². The number of amides is 2. The van der Waals surface area contributed by atoms with Gasteiger partial charge < -0.3 is 15.7 Å². The lowest BCUT2D eigenvalue weighted by Gasteiger charge is -2.13. The predicted molar refractivity (Wildman–Crippen MR) is 78.3 cm³/mol. The number of hydrogen-bond donors (Lipinski definition) is 3. The van der Waals surface area contributed by atoms with Crippen LogP contribution in [-0.2, 0) is 24.4 Å². The van der Waals surface area contributed by atoms with E-state index in [1.54, 1.807) is 0 Å². The van der Waals surface area contributed by atoms with Gasteiger partial charge in [-0.05, 0) is 17.7 Å². The average Bonchev–Trinajstić information content (AvgIpc) is 2.58. The maximum atomic E-state index is 12.8. The molecule has 1 aromatic heterocycles. The van der Waals surface area contributed by atoms with Crippen LogP contribution in [0.1, 0.15) is 21.9 Å². The molecule has 3 rings (SSSR count). The number of rotatable bonds is 3. The number of hydrogen-bond acceptors (Lipinski definition) is 4. The zero-order valence-corrected chi connectivity index (χ0v) is 12.4. The quantitative estimate of drug-likeness (QED) is 0.673. The Bertz CT molecular complexity index is 876. The molecule has 0 bridgehead atoms. The van der Waals surface area contributed by atoms with Crippen molar-refractivity contribution in [1.82, 2.24) is 15.2 Å². The Morgan fingerprint density at radius 3 is 2.75 bits per heavy atom. The number of aromatic nitrogens is 2. The van der Waals surface area contributed by atoms with E-state index in [0.717, 1.165) is 4.57 Å². The van der Waals surface area contributed by atoms with E-state index in [9.17, 15) is 23.9 Å². The Labute approximate surface area is 135 Å². The van der Waals surface area contributed by atoms with Gasteiger partial charge in [0, 0.05) is 6.54 Å². The summed E-state index contributed by atoms with van der Waals surface area (Å²) in [5, 5.41) is 15.0. The lowest BCUT2D eigenvalue weighted by Crippen LogP contribution is -2.47. The van der Waals surface area contributed by atoms with E-state index in [-0.39, 0.29) is 37.1 Å². The predicted octanol–water partition coefficient (Wildman–Crippen LogP) is -0.933. The fourth-order valence-corrected chi connectivity index (χ4v) is 2.35. The number of halogens is 1. The van der Waals surface area contributed by atoms with Crippen LogP contribution in [0.3, 0.4) is 0 Å². The average molecular weight is 333 g/mol. The summed E-state index contributed by atoms with van der Waals surface area (Å²) in [6.45, 7) is -0.0795. The summed E-state index contributed by atoms with van der Waals surface area (Å²) >= 11 is 0. The molecule has 2 amide bonds. The SMILES string of the molecule is O=C1Cn2c([nH+]c(C(=O)NCc3ccc(F)cc3)c(O)c2=O)CN1. The normalized spacial score (nSPS) is 13.1. The smallest absolute Gasteiger partial charge is 0.380 e. The fourth-order valence-electron chi connectivity index (χ4n) is 2.35. The molecule has 4 N–H and O–H groups in total. The first kappa shape index (κ1) is 15.7. The van der Waals surface area contributed by atoms with E-state index in [1.165, 1.54) is 24.3 Å². The number of nitrogens with zero attached hydrogens (tertiary/aromatic N) is 1. The molecular weight excluding hydrogens is 319 g/mol. The summed E-state index contributed by atoms with van der Waals surface area (Å²) in [6.07, 6.45) is 0. The first-order valence-electron chi connectivity index (χ1n) is 7.13. The van der Waals surface area contributed by atoms with E-state index < -0.39 is 17.2 Å². The Hall–Kier alpha value is -3.23. The van der Waals surface area contributed by atoms with Crippen molar-refractivity contribution in [3.05, 3.63) is 57.5 Å². The molecule has 124 valence electrons. The van der Waals surface area contributed by atoms with Gasteiger partial charge in [0.1, 0.15) is 12.4 Å². The second-order valence-electron chi connectivity index (χ2n) is 5.27. The number of fused-ring (bicyclic) bond motifs is 1. The minimum absolute atomic E-state index is 0.0482. The fraction of sp³-hybridized carbons (Fsp3) is 0.200. The lowest BCUT2D eigenvalue weighted by atomic mass is 10.2. The topological polar surface area (TPSA) is 115 Å². The Morgan fingerprint density at radius 2 is 2.04 bits per heavy atom. The van der Waals surface area contributed by atoms with Crippen LogP contribution in [0.15, 0.2) is 29.1 Å². The minimum Gasteiger partial charge on any atom is -0.498 e. The van der Waals surface area contributed by atoms with Crippen molar-refractivity contribution >= 4 is 11.8 Å². The van der Waals surface area contributed by atoms with Crippen LogP contribution in [0.25, 0.3) is 0 Å². The van der Waals surface area contributed by atoms with Gasteiger partial charge in [-0.2, -0.15) is 4.57 Å². The summed E-state index contributed by atoms with van der Waals surface area (Å²) in [5.41, 5.74) is -0.443. The van der Waals surface area contributed by atoms with E-state index in [1.807, 2.05) is 0 Å². The number of carbonyl (C=O) groups excluding carboxylic acids is 2. The van der Waals surface area contributed by atoms with Crippen molar-refractivity contribution in [3.8, 4) is 5.75 Å². The number of aromatic amines is 1. The van der Waals surface area contributed by atoms with Crippen molar-refractivity contribution in [2.45, 2.75) is 19.6 Å². The molecular formula is C15H14FN4O4+. The van der Waals surface area contributed by atoms with Gasteiger partial charge in [0.15, 0.2) is 6.54 Å². The Balaban J connectivity index is 1.82. The van der Waals surface area contributed by atoms with Crippen molar-refractivity contribution in [2.24, 2.45) is 0 Å². The van der Waals surface area contributed by atoms with Crippen molar-refractivity contribution in [2.75, 3.05) is 0 Å². The van der Waals surface area contributed by atoms with Crippen LogP contribution < -0.4 is 21.2 Å². The van der Waals surface area contributed by atoms with Gasteiger partial charge in [-0.3, -0.25) is 9.59 Å². The van der Waals surface area contributed by atoms with E-state index >= 15 is 0 Å². The maximum Gasteiger partial charge on any atom is 0.380 e. The number of nitrogens with one attached hydrogen (secondary N) is 3. The third-order valence-corrected chi connectivity index (χ3v) is 3.63. The maximum absolute atomic E-state index is 12.8. The molecule has 0 atom stereocenters. The molecule has 0 saturated heterocycles. The van der Waals surface area contributed by atoms with Gasteiger partial charge in [0.05, 0.1) is 0 Å². The highest BCUT2D eigenvalue weighted by atomic mass is 19.1. The zero-order chi connectivity index (χ0) is 17.3. The minimum atomic E-state index is -0.814. The summed E-state index contributed by atoms with van der Waals surface area (Å²) in [5.74, 6) is -1.88. The molecule has 0 fully saturated rings. The molecule has 2 heterocycles. The summed E-state index contributed by atoms with van der Waals surface area (Å²) in [6, 6.07) is 5.55. The molecule has 0 aliphatic carbocycles. The first-order valence-corrected chi connectivity index (χ1v) is 7.13. The molecule has 0 radical (unpaired) electrons. The monoisotopic (exact) mass is 333 g/mol.